The van der Waals surface area contributed by atoms with Crippen molar-refractivity contribution in [3.8, 4) is 0 Å². The van der Waals surface area contributed by atoms with Crippen LogP contribution in [0.3, 0.4) is 0 Å². The van der Waals surface area contributed by atoms with Gasteiger partial charge in [-0.1, -0.05) is 0 Å². The maximum absolute atomic E-state index is 9.78. The van der Waals surface area contributed by atoms with Gasteiger partial charge in [-0.2, -0.15) is 0 Å². The first kappa shape index (κ1) is 8.06. The Labute approximate surface area is 50.8 Å². The quantitative estimate of drug-likeness (QED) is 0.308. The molecule has 0 saturated heterocycles. The molecule has 9 heavy (non-hydrogen) atoms. The van der Waals surface area contributed by atoms with Gasteiger partial charge >= 0.3 is 5.97 Å². The summed E-state index contributed by atoms with van der Waals surface area (Å²) in [6.45, 7) is 0. The molecule has 0 rings (SSSR count). The van der Waals surface area contributed by atoms with Gasteiger partial charge in [-0.15, -0.1) is 0 Å². The summed E-state index contributed by atoms with van der Waals surface area (Å²) in [5.41, 5.74) is 0. The maximum Gasteiger partial charge on any atom is 0.306 e. The summed E-state index contributed by atoms with van der Waals surface area (Å²) in [6, 6.07) is 0. The Morgan fingerprint density at radius 1 is 1.78 bits per heavy atom. The van der Waals surface area contributed by atoms with E-state index in [4.69, 9.17) is 10.4 Å². The van der Waals surface area contributed by atoms with Crippen molar-refractivity contribution >= 4 is 12.3 Å². The van der Waals surface area contributed by atoms with Crippen molar-refractivity contribution in [3.63, 3.8) is 0 Å². The number of carboxylic acid groups (broad SMARTS) is 1. The van der Waals surface area contributed by atoms with Crippen LogP contribution in [-0.4, -0.2) is 28.7 Å². The molecule has 1 atom stereocenters. The van der Waals surface area contributed by atoms with Crippen LogP contribution in [0.1, 0.15) is 6.42 Å². The lowest BCUT2D eigenvalue weighted by Gasteiger charge is -1.99. The summed E-state index contributed by atoms with van der Waals surface area (Å²) in [5.74, 6) is -1.19. The number of aliphatic carboxylic acids is 1. The normalized spacial score (nSPS) is 12.6. The van der Waals surface area contributed by atoms with Crippen molar-refractivity contribution in [2.75, 3.05) is 0 Å². The van der Waals surface area contributed by atoms with Crippen molar-refractivity contribution in [2.24, 2.45) is 0 Å². The van der Waals surface area contributed by atoms with E-state index in [9.17, 15) is 9.59 Å². The van der Waals surface area contributed by atoms with Crippen LogP contribution >= 0.6 is 0 Å². The summed E-state index contributed by atoms with van der Waals surface area (Å²) in [5, 5.41) is 15.8. The number of hydrogen-bond donors (Lipinski definition) is 2. The second kappa shape index (κ2) is 3.99. The van der Waals surface area contributed by atoms with Crippen molar-refractivity contribution in [2.45, 2.75) is 12.5 Å². The molecule has 0 saturated carbocycles. The highest BCUT2D eigenvalue weighted by Crippen LogP contribution is 1.90. The Morgan fingerprint density at radius 3 is 2.44 bits per heavy atom. The topological polar surface area (TPSA) is 83.8 Å². The summed E-state index contributed by atoms with van der Waals surface area (Å²) in [4.78, 5) is 23.0. The minimum Gasteiger partial charge on any atom is -0.481 e. The molecule has 0 aromatic heterocycles. The number of carboxylic acids is 1. The van der Waals surface area contributed by atoms with Crippen LogP contribution in [0, 0.1) is 0 Å². The van der Waals surface area contributed by atoms with Gasteiger partial charge in [-0.25, -0.2) is 4.89 Å². The molecule has 0 heterocycles. The van der Waals surface area contributed by atoms with E-state index in [1.54, 1.807) is 0 Å². The van der Waals surface area contributed by atoms with Crippen molar-refractivity contribution in [1.82, 2.24) is 0 Å². The Kier molecular flexibility index (Phi) is 3.57. The first-order chi connectivity index (χ1) is 4.20. The van der Waals surface area contributed by atoms with E-state index in [1.807, 2.05) is 0 Å². The van der Waals surface area contributed by atoms with E-state index < -0.39 is 18.5 Å². The lowest BCUT2D eigenvalue weighted by atomic mass is 10.3. The van der Waals surface area contributed by atoms with E-state index in [1.165, 1.54) is 0 Å². The minimum atomic E-state index is -1.25. The van der Waals surface area contributed by atoms with Crippen LogP contribution in [0.15, 0.2) is 0 Å². The number of carbonyl (C=O) groups is 2. The minimum absolute atomic E-state index is 0.216. The van der Waals surface area contributed by atoms with Crippen LogP contribution in [0.4, 0.5) is 0 Å². The molecule has 1 unspecified atom stereocenters. The molecule has 0 aromatic carbocycles. The predicted molar refractivity (Wildman–Crippen MR) is 25.8 cm³/mol. The summed E-state index contributed by atoms with van der Waals surface area (Å²) in [6.07, 6.45) is -1.55. The van der Waals surface area contributed by atoms with Gasteiger partial charge in [0.15, 0.2) is 12.4 Å². The third-order valence-corrected chi connectivity index (χ3v) is 0.663. The van der Waals surface area contributed by atoms with Gasteiger partial charge < -0.3 is 9.90 Å². The molecule has 2 N–H and O–H groups in total. The molecule has 0 fully saturated rings. The molecule has 0 aliphatic carbocycles. The second-order valence-electron chi connectivity index (χ2n) is 1.38. The Morgan fingerprint density at radius 2 is 2.33 bits per heavy atom. The molecule has 5 nitrogen and oxygen atoms in total. The third-order valence-electron chi connectivity index (χ3n) is 0.663. The fourth-order valence-corrected chi connectivity index (χ4v) is 0.282. The van der Waals surface area contributed by atoms with Crippen molar-refractivity contribution < 1.29 is 24.8 Å². The molecule has 0 radical (unpaired) electrons. The van der Waals surface area contributed by atoms with E-state index >= 15 is 0 Å². The maximum atomic E-state index is 9.78. The molecular weight excluding hydrogens is 128 g/mol. The van der Waals surface area contributed by atoms with Crippen LogP contribution in [0.2, 0.25) is 0 Å². The van der Waals surface area contributed by atoms with Crippen molar-refractivity contribution in [3.05, 3.63) is 0 Å². The van der Waals surface area contributed by atoms with Crippen LogP contribution in [0.5, 0.6) is 0 Å². The number of carbonyl (C=O) groups excluding carboxylic acids is 1. The average Bonchev–Trinajstić information content (AvgIpc) is 1.82. The highest BCUT2D eigenvalue weighted by atomic mass is 17.1. The molecular formula is C4H6O5. The summed E-state index contributed by atoms with van der Waals surface area (Å²) in [7, 11) is 0. The fourth-order valence-electron chi connectivity index (χ4n) is 0.282. The van der Waals surface area contributed by atoms with E-state index in [2.05, 4.69) is 4.89 Å². The zero-order valence-electron chi connectivity index (χ0n) is 4.48. The van der Waals surface area contributed by atoms with E-state index in [0.29, 0.717) is 0 Å². The monoisotopic (exact) mass is 134 g/mol. The lowest BCUT2D eigenvalue weighted by molar-refractivity contribution is -0.268. The smallest absolute Gasteiger partial charge is 0.306 e. The highest BCUT2D eigenvalue weighted by Gasteiger charge is 2.11. The zero-order chi connectivity index (χ0) is 7.28. The molecule has 0 aromatic rings. The van der Waals surface area contributed by atoms with Crippen LogP contribution in [0.25, 0.3) is 0 Å². The molecule has 0 aliphatic heterocycles. The van der Waals surface area contributed by atoms with Gasteiger partial charge in [0.25, 0.3) is 0 Å². The van der Waals surface area contributed by atoms with Gasteiger partial charge in [-0.05, 0) is 0 Å². The molecule has 0 amide bonds. The van der Waals surface area contributed by atoms with Gasteiger partial charge in [-0.3, -0.25) is 10.1 Å². The first-order valence-electron chi connectivity index (χ1n) is 2.18. The zero-order valence-corrected chi connectivity index (χ0v) is 4.48. The molecule has 0 aliphatic rings. The highest BCUT2D eigenvalue weighted by molar-refractivity contribution is 5.72. The molecule has 0 spiro atoms. The van der Waals surface area contributed by atoms with Crippen molar-refractivity contribution in [1.29, 1.82) is 0 Å². The number of hydrogen-bond acceptors (Lipinski definition) is 4. The number of aldehydes is 1. The number of rotatable bonds is 4. The van der Waals surface area contributed by atoms with Crippen LogP contribution in [-0.2, 0) is 14.5 Å². The van der Waals surface area contributed by atoms with Gasteiger partial charge in [0.2, 0.25) is 0 Å². The Hall–Kier alpha value is -0.940. The molecule has 52 valence electrons. The van der Waals surface area contributed by atoms with E-state index in [0.717, 1.165) is 0 Å². The van der Waals surface area contributed by atoms with Gasteiger partial charge in [0.1, 0.15) is 0 Å². The Balaban J connectivity index is 3.55. The van der Waals surface area contributed by atoms with Gasteiger partial charge in [0, 0.05) is 0 Å². The summed E-state index contributed by atoms with van der Waals surface area (Å²) >= 11 is 0. The molecule has 5 heteroatoms. The fraction of sp³-hybridized carbons (Fsp3) is 0.500. The first-order valence-corrected chi connectivity index (χ1v) is 2.18. The largest absolute Gasteiger partial charge is 0.481 e. The third kappa shape index (κ3) is 3.63. The lowest BCUT2D eigenvalue weighted by Crippen LogP contribution is -2.16. The molecule has 0 bridgehead atoms. The average molecular weight is 134 g/mol. The predicted octanol–water partition coefficient (Wildman–Crippen LogP) is -0.482. The van der Waals surface area contributed by atoms with Gasteiger partial charge in [0.05, 0.1) is 6.42 Å². The van der Waals surface area contributed by atoms with Crippen LogP contribution < -0.4 is 0 Å². The summed E-state index contributed by atoms with van der Waals surface area (Å²) < 4.78 is 0. The Bertz CT molecular complexity index is 110. The SMILES string of the molecule is O=CC(CC(=O)O)OO. The second-order valence-corrected chi connectivity index (χ2v) is 1.38. The standard InChI is InChI=1S/C4H6O5/c5-2-3(9-8)1-4(6)7/h2-3,8H,1H2,(H,6,7). The van der Waals surface area contributed by atoms with E-state index in [-0.39, 0.29) is 6.29 Å².